The topological polar surface area (TPSA) is 0 Å². The highest BCUT2D eigenvalue weighted by Crippen LogP contribution is 2.66. The zero-order chi connectivity index (χ0) is 20.0. The summed E-state index contributed by atoms with van der Waals surface area (Å²) in [6.07, 6.45) is 22.6. The van der Waals surface area contributed by atoms with Crippen molar-refractivity contribution in [3.63, 3.8) is 0 Å². The second kappa shape index (κ2) is 7.25. The van der Waals surface area contributed by atoms with E-state index >= 15 is 0 Å². The Kier molecular flexibility index (Phi) is 4.70. The van der Waals surface area contributed by atoms with Crippen LogP contribution in [0.25, 0.3) is 0 Å². The molecule has 8 aliphatic carbocycles. The summed E-state index contributed by atoms with van der Waals surface area (Å²) in [4.78, 5) is 0. The van der Waals surface area contributed by atoms with E-state index in [0.717, 1.165) is 76.9 Å². The van der Waals surface area contributed by atoms with Gasteiger partial charge in [0.25, 0.3) is 0 Å². The summed E-state index contributed by atoms with van der Waals surface area (Å²) < 4.78 is 0. The average molecular weight is 409 g/mol. The molecular formula is C30H48. The van der Waals surface area contributed by atoms with Gasteiger partial charge >= 0.3 is 0 Å². The molecule has 0 spiro atoms. The van der Waals surface area contributed by atoms with Gasteiger partial charge in [-0.1, -0.05) is 39.5 Å². The molecule has 0 radical (unpaired) electrons. The van der Waals surface area contributed by atoms with Crippen LogP contribution in [0.5, 0.6) is 0 Å². The van der Waals surface area contributed by atoms with Crippen LogP contribution in [-0.4, -0.2) is 0 Å². The lowest BCUT2D eigenvalue weighted by molar-refractivity contribution is -0.128. The summed E-state index contributed by atoms with van der Waals surface area (Å²) >= 11 is 0. The Morgan fingerprint density at radius 2 is 1.20 bits per heavy atom. The summed E-state index contributed by atoms with van der Waals surface area (Å²) in [6, 6.07) is 0. The Morgan fingerprint density at radius 3 is 1.93 bits per heavy atom. The summed E-state index contributed by atoms with van der Waals surface area (Å²) in [5, 5.41) is 0. The zero-order valence-electron chi connectivity index (χ0n) is 20.0. The lowest BCUT2D eigenvalue weighted by Gasteiger charge is -2.62. The first-order chi connectivity index (χ1) is 14.7. The van der Waals surface area contributed by atoms with Gasteiger partial charge in [0.15, 0.2) is 0 Å². The quantitative estimate of drug-likeness (QED) is 0.432. The molecule has 0 nitrogen and oxygen atoms in total. The van der Waals surface area contributed by atoms with E-state index in [2.05, 4.69) is 13.8 Å². The number of fused-ring (bicyclic) bond motifs is 1. The Hall–Kier alpha value is 0. The van der Waals surface area contributed by atoms with Crippen LogP contribution in [0.4, 0.5) is 0 Å². The van der Waals surface area contributed by atoms with Gasteiger partial charge in [0.1, 0.15) is 0 Å². The van der Waals surface area contributed by atoms with Crippen molar-refractivity contribution < 1.29 is 0 Å². The van der Waals surface area contributed by atoms with Gasteiger partial charge in [0.2, 0.25) is 0 Å². The van der Waals surface area contributed by atoms with Gasteiger partial charge in [0.05, 0.1) is 0 Å². The van der Waals surface area contributed by atoms with Crippen LogP contribution in [0.3, 0.4) is 0 Å². The van der Waals surface area contributed by atoms with Gasteiger partial charge in [-0.25, -0.2) is 0 Å². The van der Waals surface area contributed by atoms with Crippen LogP contribution in [0.1, 0.15) is 104 Å². The first-order valence-electron chi connectivity index (χ1n) is 14.7. The highest BCUT2D eigenvalue weighted by Gasteiger charge is 2.58. The smallest absolute Gasteiger partial charge is 0.0321 e. The van der Waals surface area contributed by atoms with Crippen LogP contribution in [0, 0.1) is 82.9 Å². The molecule has 8 aliphatic rings. The Morgan fingerprint density at radius 1 is 0.533 bits per heavy atom. The first kappa shape index (κ1) is 19.5. The summed E-state index contributed by atoms with van der Waals surface area (Å²) in [5.74, 6) is 15.7. The van der Waals surface area contributed by atoms with Crippen molar-refractivity contribution in [3.8, 4) is 0 Å². The molecule has 12 unspecified atom stereocenters. The number of hydrogen-bond acceptors (Lipinski definition) is 0. The maximum Gasteiger partial charge on any atom is -0.0321 e. The molecule has 168 valence electrons. The third-order valence-electron chi connectivity index (χ3n) is 13.2. The first-order valence-corrected chi connectivity index (χ1v) is 14.7. The van der Waals surface area contributed by atoms with E-state index in [1.54, 1.807) is 83.5 Å². The van der Waals surface area contributed by atoms with Crippen molar-refractivity contribution in [2.75, 3.05) is 0 Å². The average Bonchev–Trinajstić information content (AvgIpc) is 2.93. The largest absolute Gasteiger partial charge is 0.0651 e. The molecule has 0 aliphatic heterocycles. The summed E-state index contributed by atoms with van der Waals surface area (Å²) in [5.41, 5.74) is 0. The fourth-order valence-electron chi connectivity index (χ4n) is 12.7. The molecule has 0 N–H and O–H groups in total. The SMILES string of the molecule is CCC1C2CC3CC(C2)CC(C3)C1C1CC2CCC3CCCC4CCC(C1C)C2C34. The van der Waals surface area contributed by atoms with E-state index in [1.807, 2.05) is 0 Å². The lowest BCUT2D eigenvalue weighted by Crippen LogP contribution is -2.54. The van der Waals surface area contributed by atoms with E-state index in [0.29, 0.717) is 0 Å². The van der Waals surface area contributed by atoms with Crippen LogP contribution >= 0.6 is 0 Å². The standard InChI is InChI=1S/C30H48/c1-3-25-23-12-18-11-19(13-23)15-24(14-18)29(25)27-16-22-8-7-20-5-4-6-21-9-10-26(17(27)2)30(22)28(20)21/h17-30H,3-16H2,1-2H3. The monoisotopic (exact) mass is 408 g/mol. The number of rotatable bonds is 2. The minimum atomic E-state index is 1.04. The minimum Gasteiger partial charge on any atom is -0.0651 e. The second-order valence-corrected chi connectivity index (χ2v) is 14.0. The third kappa shape index (κ3) is 2.76. The van der Waals surface area contributed by atoms with Crippen LogP contribution in [0.15, 0.2) is 0 Å². The van der Waals surface area contributed by atoms with E-state index in [1.165, 1.54) is 12.3 Å². The highest BCUT2D eigenvalue weighted by molar-refractivity contribution is 5.07. The molecule has 0 amide bonds. The normalized spacial score (nSPS) is 61.4. The third-order valence-corrected chi connectivity index (χ3v) is 13.2. The highest BCUT2D eigenvalue weighted by atomic mass is 14.6. The van der Waals surface area contributed by atoms with E-state index in [4.69, 9.17) is 0 Å². The second-order valence-electron chi connectivity index (χ2n) is 14.0. The Bertz CT molecular complexity index is 630. The van der Waals surface area contributed by atoms with Crippen molar-refractivity contribution >= 4 is 0 Å². The van der Waals surface area contributed by atoms with Gasteiger partial charge in [-0.3, -0.25) is 0 Å². The van der Waals surface area contributed by atoms with E-state index in [-0.39, 0.29) is 0 Å². The predicted octanol–water partition coefficient (Wildman–Crippen LogP) is 8.21. The fraction of sp³-hybridized carbons (Fsp3) is 1.00. The van der Waals surface area contributed by atoms with E-state index < -0.39 is 0 Å². The minimum absolute atomic E-state index is 1.04. The summed E-state index contributed by atoms with van der Waals surface area (Å²) in [7, 11) is 0. The van der Waals surface area contributed by atoms with Crippen molar-refractivity contribution in [1.82, 2.24) is 0 Å². The van der Waals surface area contributed by atoms with Crippen LogP contribution in [0.2, 0.25) is 0 Å². The number of hydrogen-bond donors (Lipinski definition) is 0. The molecule has 30 heavy (non-hydrogen) atoms. The van der Waals surface area contributed by atoms with Crippen molar-refractivity contribution in [2.24, 2.45) is 82.9 Å². The molecule has 8 rings (SSSR count). The Labute approximate surface area is 186 Å². The maximum absolute atomic E-state index is 2.79. The Balaban J connectivity index is 1.22. The molecule has 8 fully saturated rings. The van der Waals surface area contributed by atoms with Crippen LogP contribution < -0.4 is 0 Å². The molecular weight excluding hydrogens is 360 g/mol. The molecule has 0 aromatic carbocycles. The maximum atomic E-state index is 2.79. The molecule has 12 atom stereocenters. The van der Waals surface area contributed by atoms with Gasteiger partial charge < -0.3 is 0 Å². The van der Waals surface area contributed by atoms with Gasteiger partial charge in [-0.05, 0) is 147 Å². The van der Waals surface area contributed by atoms with Crippen molar-refractivity contribution in [3.05, 3.63) is 0 Å². The molecule has 0 heterocycles. The summed E-state index contributed by atoms with van der Waals surface area (Å²) in [6.45, 7) is 5.37. The fourth-order valence-corrected chi connectivity index (χ4v) is 12.7. The van der Waals surface area contributed by atoms with Crippen molar-refractivity contribution in [2.45, 2.75) is 104 Å². The van der Waals surface area contributed by atoms with Crippen LogP contribution in [-0.2, 0) is 0 Å². The molecule has 0 heteroatoms. The van der Waals surface area contributed by atoms with Crippen molar-refractivity contribution in [1.29, 1.82) is 0 Å². The van der Waals surface area contributed by atoms with E-state index in [9.17, 15) is 0 Å². The van der Waals surface area contributed by atoms with Gasteiger partial charge in [-0.15, -0.1) is 0 Å². The van der Waals surface area contributed by atoms with Gasteiger partial charge in [0, 0.05) is 0 Å². The lowest BCUT2D eigenvalue weighted by atomic mass is 9.43. The van der Waals surface area contributed by atoms with Gasteiger partial charge in [-0.2, -0.15) is 0 Å². The molecule has 0 saturated heterocycles. The molecule has 0 aromatic heterocycles. The zero-order valence-corrected chi connectivity index (χ0v) is 20.0. The molecule has 4 bridgehead atoms. The predicted molar refractivity (Wildman–Crippen MR) is 125 cm³/mol. The molecule has 0 aromatic rings. The molecule has 8 saturated carbocycles.